The fraction of sp³-hybridized carbons (Fsp3) is 0.667. The molecule has 2 aromatic rings. The number of aryl methyl sites for hydroxylation is 2. The van der Waals surface area contributed by atoms with Crippen LogP contribution in [0.25, 0.3) is 11.0 Å². The Labute approximate surface area is 155 Å². The summed E-state index contributed by atoms with van der Waals surface area (Å²) in [5, 5.41) is 0. The number of methoxy groups -OCH3 is 1. The zero-order valence-electron chi connectivity index (χ0n) is 16.2. The van der Waals surface area contributed by atoms with Crippen LogP contribution in [-0.2, 0) is 14.6 Å². The third kappa shape index (κ3) is 4.73. The van der Waals surface area contributed by atoms with Gasteiger partial charge in [-0.1, -0.05) is 13.3 Å². The van der Waals surface area contributed by atoms with Gasteiger partial charge in [0.1, 0.15) is 15.4 Å². The van der Waals surface area contributed by atoms with Gasteiger partial charge in [-0.3, -0.25) is 0 Å². The van der Waals surface area contributed by atoms with E-state index in [0.717, 1.165) is 29.6 Å². The van der Waals surface area contributed by atoms with Crippen LogP contribution in [0.5, 0.6) is 0 Å². The van der Waals surface area contributed by atoms with Gasteiger partial charge in [-0.25, -0.2) is 18.4 Å². The van der Waals surface area contributed by atoms with Gasteiger partial charge in [-0.2, -0.15) is 0 Å². The summed E-state index contributed by atoms with van der Waals surface area (Å²) in [6.45, 7) is 6.41. The number of nitrogens with zero attached hydrogens (tertiary/aromatic N) is 3. The van der Waals surface area contributed by atoms with Crippen molar-refractivity contribution in [3.8, 4) is 0 Å². The van der Waals surface area contributed by atoms with Crippen molar-refractivity contribution in [2.24, 2.45) is 0 Å². The second kappa shape index (κ2) is 8.81. The Kier molecular flexibility index (Phi) is 7.00. The standard InChI is InChI=1S/C18H30N4O3S/c1-5-6-9-26(23,24)10-7-8-15(11-25-4)22-12-20-16-17(22)13(2)14(3)21-18(16)19/h12,15H,5-11H2,1-4H3,(H2,19,21). The summed E-state index contributed by atoms with van der Waals surface area (Å²) in [6, 6.07) is 0.00581. The zero-order valence-corrected chi connectivity index (χ0v) is 17.0. The summed E-state index contributed by atoms with van der Waals surface area (Å²) < 4.78 is 31.6. The summed E-state index contributed by atoms with van der Waals surface area (Å²) in [6.07, 6.45) is 4.66. The number of pyridine rings is 1. The first-order valence-corrected chi connectivity index (χ1v) is 10.9. The number of fused-ring (bicyclic) bond motifs is 1. The number of nitrogens with two attached hydrogens (primary N) is 1. The molecule has 0 aromatic carbocycles. The van der Waals surface area contributed by atoms with Crippen LogP contribution < -0.4 is 5.73 Å². The van der Waals surface area contributed by atoms with Crippen LogP contribution in [0, 0.1) is 13.8 Å². The van der Waals surface area contributed by atoms with Crippen molar-refractivity contribution in [2.75, 3.05) is 31.0 Å². The largest absolute Gasteiger partial charge is 0.383 e. The molecule has 2 N–H and O–H groups in total. The topological polar surface area (TPSA) is 100 Å². The molecule has 0 aliphatic carbocycles. The maximum absolute atomic E-state index is 12.1. The van der Waals surface area contributed by atoms with Gasteiger partial charge in [-0.15, -0.1) is 0 Å². The van der Waals surface area contributed by atoms with Gasteiger partial charge in [0, 0.05) is 12.8 Å². The maximum atomic E-state index is 12.1. The number of imidazole rings is 1. The Balaban J connectivity index is 2.21. The lowest BCUT2D eigenvalue weighted by molar-refractivity contribution is 0.152. The Morgan fingerprint density at radius 1 is 1.27 bits per heavy atom. The molecule has 0 aliphatic heterocycles. The molecule has 0 aliphatic rings. The number of nitrogen functional groups attached to an aromatic ring is 1. The average molecular weight is 383 g/mol. The molecule has 2 aromatic heterocycles. The molecule has 26 heavy (non-hydrogen) atoms. The molecular formula is C18H30N4O3S. The number of rotatable bonds is 10. The van der Waals surface area contributed by atoms with E-state index in [2.05, 4.69) is 14.5 Å². The van der Waals surface area contributed by atoms with Crippen molar-refractivity contribution in [1.82, 2.24) is 14.5 Å². The number of aromatic nitrogens is 3. The highest BCUT2D eigenvalue weighted by Crippen LogP contribution is 2.28. The molecule has 2 rings (SSSR count). The highest BCUT2D eigenvalue weighted by Gasteiger charge is 2.20. The van der Waals surface area contributed by atoms with Gasteiger partial charge >= 0.3 is 0 Å². The molecule has 0 amide bonds. The number of anilines is 1. The minimum Gasteiger partial charge on any atom is -0.383 e. The predicted molar refractivity (Wildman–Crippen MR) is 105 cm³/mol. The van der Waals surface area contributed by atoms with E-state index in [-0.39, 0.29) is 17.5 Å². The van der Waals surface area contributed by atoms with Gasteiger partial charge in [0.25, 0.3) is 0 Å². The maximum Gasteiger partial charge on any atom is 0.151 e. The van der Waals surface area contributed by atoms with Crippen molar-refractivity contribution in [3.63, 3.8) is 0 Å². The normalized spacial score (nSPS) is 13.4. The summed E-state index contributed by atoms with van der Waals surface area (Å²) in [5.41, 5.74) is 9.56. The second-order valence-corrected chi connectivity index (χ2v) is 9.12. The summed E-state index contributed by atoms with van der Waals surface area (Å²) >= 11 is 0. The smallest absolute Gasteiger partial charge is 0.151 e. The van der Waals surface area contributed by atoms with E-state index in [1.54, 1.807) is 13.4 Å². The molecule has 7 nitrogen and oxygen atoms in total. The van der Waals surface area contributed by atoms with E-state index in [4.69, 9.17) is 10.5 Å². The van der Waals surface area contributed by atoms with Gasteiger partial charge in [0.15, 0.2) is 5.82 Å². The monoisotopic (exact) mass is 382 g/mol. The molecule has 0 spiro atoms. The molecule has 1 unspecified atom stereocenters. The number of unbranched alkanes of at least 4 members (excludes halogenated alkanes) is 1. The first-order chi connectivity index (χ1) is 12.3. The highest BCUT2D eigenvalue weighted by atomic mass is 32.2. The zero-order chi connectivity index (χ0) is 19.3. The second-order valence-electron chi connectivity index (χ2n) is 6.81. The van der Waals surface area contributed by atoms with E-state index in [1.807, 2.05) is 20.8 Å². The van der Waals surface area contributed by atoms with E-state index < -0.39 is 9.84 Å². The number of hydrogen-bond donors (Lipinski definition) is 1. The van der Waals surface area contributed by atoms with Gasteiger partial charge in [-0.05, 0) is 38.7 Å². The summed E-state index contributed by atoms with van der Waals surface area (Å²) in [4.78, 5) is 8.76. The molecule has 146 valence electrons. The van der Waals surface area contributed by atoms with E-state index in [0.29, 0.717) is 30.8 Å². The average Bonchev–Trinajstić information content (AvgIpc) is 3.03. The van der Waals surface area contributed by atoms with Crippen molar-refractivity contribution < 1.29 is 13.2 Å². The van der Waals surface area contributed by atoms with Crippen LogP contribution in [0.3, 0.4) is 0 Å². The molecule has 0 bridgehead atoms. The molecule has 0 fully saturated rings. The minimum atomic E-state index is -2.98. The molecule has 0 saturated carbocycles. The lowest BCUT2D eigenvalue weighted by Gasteiger charge is -2.20. The Morgan fingerprint density at radius 3 is 2.62 bits per heavy atom. The SMILES string of the molecule is CCCCS(=O)(=O)CCCC(COC)n1cnc2c(N)nc(C)c(C)c21. The van der Waals surface area contributed by atoms with Crippen molar-refractivity contribution in [2.45, 2.75) is 52.5 Å². The molecular weight excluding hydrogens is 352 g/mol. The first-order valence-electron chi connectivity index (χ1n) is 9.09. The van der Waals surface area contributed by atoms with Crippen LogP contribution in [0.1, 0.15) is 49.9 Å². The number of hydrogen-bond acceptors (Lipinski definition) is 6. The van der Waals surface area contributed by atoms with Crippen molar-refractivity contribution in [3.05, 3.63) is 17.6 Å². The first kappa shape index (κ1) is 20.6. The third-order valence-electron chi connectivity index (χ3n) is 4.78. The lowest BCUT2D eigenvalue weighted by atomic mass is 10.1. The van der Waals surface area contributed by atoms with Crippen LogP contribution >= 0.6 is 0 Å². The third-order valence-corrected chi connectivity index (χ3v) is 6.60. The Hall–Kier alpha value is -1.67. The van der Waals surface area contributed by atoms with Gasteiger partial charge < -0.3 is 15.0 Å². The van der Waals surface area contributed by atoms with Gasteiger partial charge in [0.05, 0.1) is 36.0 Å². The quantitative estimate of drug-likeness (QED) is 0.678. The molecule has 1 atom stereocenters. The van der Waals surface area contributed by atoms with E-state index >= 15 is 0 Å². The fourth-order valence-corrected chi connectivity index (χ4v) is 4.72. The molecule has 2 heterocycles. The lowest BCUT2D eigenvalue weighted by Crippen LogP contribution is -2.17. The Morgan fingerprint density at radius 2 is 1.96 bits per heavy atom. The molecule has 8 heteroatoms. The predicted octanol–water partition coefficient (Wildman–Crippen LogP) is 2.81. The van der Waals surface area contributed by atoms with Crippen LogP contribution in [0.4, 0.5) is 5.82 Å². The van der Waals surface area contributed by atoms with Gasteiger partial charge in [0.2, 0.25) is 0 Å². The number of sulfone groups is 1. The molecule has 0 saturated heterocycles. The van der Waals surface area contributed by atoms with Crippen LogP contribution in [0.15, 0.2) is 6.33 Å². The summed E-state index contributed by atoms with van der Waals surface area (Å²) in [5.74, 6) is 0.897. The van der Waals surface area contributed by atoms with Crippen LogP contribution in [-0.4, -0.2) is 48.2 Å². The summed E-state index contributed by atoms with van der Waals surface area (Å²) in [7, 11) is -1.33. The fourth-order valence-electron chi connectivity index (χ4n) is 3.19. The minimum absolute atomic E-state index is 0.00581. The number of ether oxygens (including phenoxy) is 1. The molecule has 0 radical (unpaired) electrons. The van der Waals surface area contributed by atoms with Crippen molar-refractivity contribution >= 4 is 26.7 Å². The van der Waals surface area contributed by atoms with Crippen molar-refractivity contribution in [1.29, 1.82) is 0 Å². The van der Waals surface area contributed by atoms with E-state index in [1.165, 1.54) is 0 Å². The Bertz CT molecular complexity index is 846. The van der Waals surface area contributed by atoms with Crippen LogP contribution in [0.2, 0.25) is 0 Å². The van der Waals surface area contributed by atoms with E-state index in [9.17, 15) is 8.42 Å². The highest BCUT2D eigenvalue weighted by molar-refractivity contribution is 7.91.